The third-order valence-electron chi connectivity index (χ3n) is 2.13. The number of hydrogen-bond donors (Lipinski definition) is 3. The summed E-state index contributed by atoms with van der Waals surface area (Å²) in [6.45, 7) is 0.670. The van der Waals surface area contributed by atoms with Crippen molar-refractivity contribution in [2.24, 2.45) is 0 Å². The summed E-state index contributed by atoms with van der Waals surface area (Å²) in [7, 11) is 0. The fourth-order valence-electron chi connectivity index (χ4n) is 1.43. The summed E-state index contributed by atoms with van der Waals surface area (Å²) in [5.74, 6) is 0.585. The SMILES string of the molecule is Nc1ccc(NC2CNC(=O)C2)cn1. The van der Waals surface area contributed by atoms with E-state index in [0.717, 1.165) is 5.69 Å². The number of carbonyl (C=O) groups is 1. The smallest absolute Gasteiger partial charge is 0.222 e. The van der Waals surface area contributed by atoms with E-state index in [4.69, 9.17) is 5.73 Å². The molecule has 5 heteroatoms. The maximum absolute atomic E-state index is 10.9. The van der Waals surface area contributed by atoms with Crippen molar-refractivity contribution in [3.05, 3.63) is 18.3 Å². The number of carbonyl (C=O) groups excluding carboxylic acids is 1. The standard InChI is InChI=1S/C9H12N4O/c10-8-2-1-6(4-11-8)13-7-3-9(14)12-5-7/h1-2,4,7,13H,3,5H2,(H2,10,11)(H,12,14). The van der Waals surface area contributed by atoms with Crippen LogP contribution in [0.25, 0.3) is 0 Å². The summed E-state index contributed by atoms with van der Waals surface area (Å²) in [5.41, 5.74) is 6.34. The van der Waals surface area contributed by atoms with Crippen LogP contribution in [0.4, 0.5) is 11.5 Å². The van der Waals surface area contributed by atoms with E-state index in [2.05, 4.69) is 15.6 Å². The lowest BCUT2D eigenvalue weighted by Gasteiger charge is -2.11. The van der Waals surface area contributed by atoms with Crippen molar-refractivity contribution in [2.75, 3.05) is 17.6 Å². The van der Waals surface area contributed by atoms with Gasteiger partial charge in [0.1, 0.15) is 5.82 Å². The number of amides is 1. The highest BCUT2D eigenvalue weighted by molar-refractivity contribution is 5.79. The van der Waals surface area contributed by atoms with Gasteiger partial charge in [-0.2, -0.15) is 0 Å². The van der Waals surface area contributed by atoms with Gasteiger partial charge in [-0.25, -0.2) is 4.98 Å². The molecule has 74 valence electrons. The molecule has 1 aliphatic heterocycles. The maximum Gasteiger partial charge on any atom is 0.222 e. The van der Waals surface area contributed by atoms with E-state index in [-0.39, 0.29) is 11.9 Å². The summed E-state index contributed by atoms with van der Waals surface area (Å²) in [6.07, 6.45) is 2.18. The molecule has 1 aromatic heterocycles. The van der Waals surface area contributed by atoms with Crippen molar-refractivity contribution in [3.63, 3.8) is 0 Å². The summed E-state index contributed by atoms with van der Waals surface area (Å²) in [5, 5.41) is 5.95. The molecule has 1 saturated heterocycles. The number of pyridine rings is 1. The lowest BCUT2D eigenvalue weighted by molar-refractivity contribution is -0.119. The summed E-state index contributed by atoms with van der Waals surface area (Å²) >= 11 is 0. The lowest BCUT2D eigenvalue weighted by Crippen LogP contribution is -2.22. The van der Waals surface area contributed by atoms with E-state index in [9.17, 15) is 4.79 Å². The third kappa shape index (κ3) is 1.93. The summed E-state index contributed by atoms with van der Waals surface area (Å²) in [4.78, 5) is 14.9. The Morgan fingerprint density at radius 1 is 1.57 bits per heavy atom. The molecular weight excluding hydrogens is 180 g/mol. The summed E-state index contributed by atoms with van der Waals surface area (Å²) < 4.78 is 0. The number of hydrogen-bond acceptors (Lipinski definition) is 4. The Morgan fingerprint density at radius 3 is 3.00 bits per heavy atom. The first-order chi connectivity index (χ1) is 6.74. The highest BCUT2D eigenvalue weighted by atomic mass is 16.1. The Hall–Kier alpha value is -1.78. The van der Waals surface area contributed by atoms with Crippen molar-refractivity contribution in [1.29, 1.82) is 0 Å². The minimum atomic E-state index is 0.0888. The minimum Gasteiger partial charge on any atom is -0.384 e. The van der Waals surface area contributed by atoms with Gasteiger partial charge in [0.05, 0.1) is 17.9 Å². The highest BCUT2D eigenvalue weighted by Crippen LogP contribution is 2.11. The molecule has 1 fully saturated rings. The van der Waals surface area contributed by atoms with Gasteiger partial charge in [-0.15, -0.1) is 0 Å². The molecule has 1 unspecified atom stereocenters. The molecule has 1 aliphatic rings. The first-order valence-corrected chi connectivity index (χ1v) is 4.49. The first kappa shape index (κ1) is 8.80. The number of nitrogen functional groups attached to an aromatic ring is 1. The molecule has 2 heterocycles. The fourth-order valence-corrected chi connectivity index (χ4v) is 1.43. The molecule has 0 spiro atoms. The van der Waals surface area contributed by atoms with Gasteiger partial charge in [0, 0.05) is 13.0 Å². The average molecular weight is 192 g/mol. The van der Waals surface area contributed by atoms with E-state index in [1.54, 1.807) is 12.3 Å². The molecule has 0 aromatic carbocycles. The third-order valence-corrected chi connectivity index (χ3v) is 2.13. The van der Waals surface area contributed by atoms with Gasteiger partial charge in [-0.1, -0.05) is 0 Å². The Balaban J connectivity index is 1.97. The molecule has 0 saturated carbocycles. The fraction of sp³-hybridized carbons (Fsp3) is 0.333. The molecule has 2 rings (SSSR count). The largest absolute Gasteiger partial charge is 0.384 e. The van der Waals surface area contributed by atoms with Crippen LogP contribution in [0.1, 0.15) is 6.42 Å². The number of anilines is 2. The number of nitrogens with one attached hydrogen (secondary N) is 2. The Kier molecular flexibility index (Phi) is 2.22. The predicted octanol–water partition coefficient (Wildman–Crippen LogP) is -0.0358. The van der Waals surface area contributed by atoms with Crippen LogP contribution in [0, 0.1) is 0 Å². The van der Waals surface area contributed by atoms with E-state index in [0.29, 0.717) is 18.8 Å². The van der Waals surface area contributed by atoms with Crippen LogP contribution in [0.15, 0.2) is 18.3 Å². The van der Waals surface area contributed by atoms with Crippen LogP contribution >= 0.6 is 0 Å². The zero-order valence-electron chi connectivity index (χ0n) is 7.66. The van der Waals surface area contributed by atoms with Gasteiger partial charge in [-0.05, 0) is 12.1 Å². The second-order valence-electron chi connectivity index (χ2n) is 3.32. The van der Waals surface area contributed by atoms with Crippen molar-refractivity contribution >= 4 is 17.4 Å². The first-order valence-electron chi connectivity index (χ1n) is 4.49. The Bertz CT molecular complexity index is 335. The quantitative estimate of drug-likeness (QED) is 0.614. The van der Waals surface area contributed by atoms with Crippen LogP contribution < -0.4 is 16.4 Å². The maximum atomic E-state index is 10.9. The van der Waals surface area contributed by atoms with Gasteiger partial charge >= 0.3 is 0 Å². The van der Waals surface area contributed by atoms with Crippen LogP contribution in [-0.2, 0) is 4.79 Å². The van der Waals surface area contributed by atoms with Gasteiger partial charge in [0.2, 0.25) is 5.91 Å². The van der Waals surface area contributed by atoms with Crippen molar-refractivity contribution in [3.8, 4) is 0 Å². The van der Waals surface area contributed by atoms with Gasteiger partial charge < -0.3 is 16.4 Å². The van der Waals surface area contributed by atoms with E-state index in [1.165, 1.54) is 0 Å². The van der Waals surface area contributed by atoms with Crippen molar-refractivity contribution in [2.45, 2.75) is 12.5 Å². The van der Waals surface area contributed by atoms with E-state index in [1.807, 2.05) is 6.07 Å². The van der Waals surface area contributed by atoms with Crippen molar-refractivity contribution < 1.29 is 4.79 Å². The molecule has 14 heavy (non-hydrogen) atoms. The second-order valence-corrected chi connectivity index (χ2v) is 3.32. The monoisotopic (exact) mass is 192 g/mol. The molecule has 0 bridgehead atoms. The predicted molar refractivity (Wildman–Crippen MR) is 53.7 cm³/mol. The highest BCUT2D eigenvalue weighted by Gasteiger charge is 2.20. The van der Waals surface area contributed by atoms with Crippen LogP contribution in [0.3, 0.4) is 0 Å². The molecular formula is C9H12N4O. The Labute approximate surface area is 81.7 Å². The molecule has 4 N–H and O–H groups in total. The van der Waals surface area contributed by atoms with Crippen LogP contribution in [0.5, 0.6) is 0 Å². The van der Waals surface area contributed by atoms with E-state index < -0.39 is 0 Å². The molecule has 1 aromatic rings. The van der Waals surface area contributed by atoms with Crippen LogP contribution in [0.2, 0.25) is 0 Å². The van der Waals surface area contributed by atoms with Gasteiger partial charge in [-0.3, -0.25) is 4.79 Å². The molecule has 0 aliphatic carbocycles. The van der Waals surface area contributed by atoms with Gasteiger partial charge in [0.25, 0.3) is 0 Å². The van der Waals surface area contributed by atoms with E-state index >= 15 is 0 Å². The number of aromatic nitrogens is 1. The van der Waals surface area contributed by atoms with Crippen molar-refractivity contribution in [1.82, 2.24) is 10.3 Å². The molecule has 0 radical (unpaired) electrons. The Morgan fingerprint density at radius 2 is 2.43 bits per heavy atom. The zero-order valence-corrected chi connectivity index (χ0v) is 7.66. The number of nitrogens with zero attached hydrogens (tertiary/aromatic N) is 1. The summed E-state index contributed by atoms with van der Waals surface area (Å²) in [6, 6.07) is 3.74. The number of nitrogens with two attached hydrogens (primary N) is 1. The molecule has 1 atom stereocenters. The topological polar surface area (TPSA) is 80.0 Å². The average Bonchev–Trinajstić information content (AvgIpc) is 2.56. The van der Waals surface area contributed by atoms with Crippen LogP contribution in [-0.4, -0.2) is 23.5 Å². The normalized spacial score (nSPS) is 20.6. The minimum absolute atomic E-state index is 0.0888. The second kappa shape index (κ2) is 3.53. The number of rotatable bonds is 2. The lowest BCUT2D eigenvalue weighted by atomic mass is 10.2. The van der Waals surface area contributed by atoms with Gasteiger partial charge in [0.15, 0.2) is 0 Å². The zero-order chi connectivity index (χ0) is 9.97. The molecule has 1 amide bonds. The molecule has 5 nitrogen and oxygen atoms in total.